The van der Waals surface area contributed by atoms with Crippen LogP contribution >= 0.6 is 11.6 Å². The van der Waals surface area contributed by atoms with Crippen molar-refractivity contribution in [3.05, 3.63) is 23.9 Å². The van der Waals surface area contributed by atoms with Gasteiger partial charge in [0.25, 0.3) is 5.91 Å². The number of carbonyl (C=O) groups is 1. The van der Waals surface area contributed by atoms with Gasteiger partial charge in [-0.1, -0.05) is 0 Å². The highest BCUT2D eigenvalue weighted by Crippen LogP contribution is 2.10. The standard InChI is InChI=1S/C10H13ClN2O2/c1-13(6-4-11)10(14)8-3-5-12-9(7-8)15-2/h3,5,7H,4,6H2,1-2H3. The normalized spacial score (nSPS) is 9.80. The number of carbonyl (C=O) groups excluding carboxylic acids is 1. The number of rotatable bonds is 4. The van der Waals surface area contributed by atoms with Gasteiger partial charge in [-0.05, 0) is 6.07 Å². The Hall–Kier alpha value is -1.29. The van der Waals surface area contributed by atoms with E-state index in [1.54, 1.807) is 30.3 Å². The highest BCUT2D eigenvalue weighted by atomic mass is 35.5. The molecule has 0 aliphatic heterocycles. The van der Waals surface area contributed by atoms with E-state index >= 15 is 0 Å². The maximum atomic E-state index is 11.8. The van der Waals surface area contributed by atoms with Crippen LogP contribution in [0.15, 0.2) is 18.3 Å². The summed E-state index contributed by atoms with van der Waals surface area (Å²) in [6.07, 6.45) is 1.54. The second-order valence-electron chi connectivity index (χ2n) is 3.00. The summed E-state index contributed by atoms with van der Waals surface area (Å²) >= 11 is 5.56. The summed E-state index contributed by atoms with van der Waals surface area (Å²) in [4.78, 5) is 17.3. The maximum Gasteiger partial charge on any atom is 0.253 e. The molecule has 1 heterocycles. The molecule has 0 spiro atoms. The lowest BCUT2D eigenvalue weighted by molar-refractivity contribution is 0.0803. The van der Waals surface area contributed by atoms with Gasteiger partial charge in [0.15, 0.2) is 0 Å². The van der Waals surface area contributed by atoms with Gasteiger partial charge in [0.05, 0.1) is 7.11 Å². The average Bonchev–Trinajstić information content (AvgIpc) is 2.28. The van der Waals surface area contributed by atoms with Gasteiger partial charge in [0.1, 0.15) is 0 Å². The minimum absolute atomic E-state index is 0.0867. The molecule has 0 saturated carbocycles. The number of hydrogen-bond acceptors (Lipinski definition) is 3. The van der Waals surface area contributed by atoms with Crippen molar-refractivity contribution in [3.8, 4) is 5.88 Å². The van der Waals surface area contributed by atoms with Gasteiger partial charge in [-0.25, -0.2) is 4.98 Å². The number of methoxy groups -OCH3 is 1. The summed E-state index contributed by atoms with van der Waals surface area (Å²) in [6.45, 7) is 0.519. The lowest BCUT2D eigenvalue weighted by Gasteiger charge is -2.15. The van der Waals surface area contributed by atoms with Crippen LogP contribution in [0.4, 0.5) is 0 Å². The molecule has 1 aromatic heterocycles. The number of halogens is 1. The van der Waals surface area contributed by atoms with E-state index in [1.807, 2.05) is 0 Å². The number of pyridine rings is 1. The van der Waals surface area contributed by atoms with E-state index in [0.29, 0.717) is 23.9 Å². The molecule has 0 N–H and O–H groups in total. The zero-order valence-corrected chi connectivity index (χ0v) is 9.49. The Bertz CT molecular complexity index is 344. The molecular formula is C10H13ClN2O2. The van der Waals surface area contributed by atoms with Crippen LogP contribution in [0.25, 0.3) is 0 Å². The first-order valence-electron chi connectivity index (χ1n) is 4.50. The van der Waals surface area contributed by atoms with Crippen LogP contribution in [0.5, 0.6) is 5.88 Å². The van der Waals surface area contributed by atoms with Crippen molar-refractivity contribution in [3.63, 3.8) is 0 Å². The summed E-state index contributed by atoms with van der Waals surface area (Å²) in [5, 5.41) is 0. The van der Waals surface area contributed by atoms with Crippen molar-refractivity contribution in [1.82, 2.24) is 9.88 Å². The van der Waals surface area contributed by atoms with E-state index in [2.05, 4.69) is 4.98 Å². The molecular weight excluding hydrogens is 216 g/mol. The Balaban J connectivity index is 2.81. The molecule has 0 aliphatic carbocycles. The lowest BCUT2D eigenvalue weighted by atomic mass is 10.2. The van der Waals surface area contributed by atoms with Crippen molar-refractivity contribution < 1.29 is 9.53 Å². The van der Waals surface area contributed by atoms with Gasteiger partial charge in [-0.2, -0.15) is 0 Å². The molecule has 5 heteroatoms. The fraction of sp³-hybridized carbons (Fsp3) is 0.400. The Morgan fingerprint density at radius 3 is 3.00 bits per heavy atom. The summed E-state index contributed by atoms with van der Waals surface area (Å²) in [5.41, 5.74) is 0.550. The minimum atomic E-state index is -0.0867. The van der Waals surface area contributed by atoms with Crippen LogP contribution in [0.1, 0.15) is 10.4 Å². The van der Waals surface area contributed by atoms with Gasteiger partial charge in [-0.15, -0.1) is 11.6 Å². The molecule has 0 unspecified atom stereocenters. The predicted octanol–water partition coefficient (Wildman–Crippen LogP) is 1.40. The number of nitrogens with zero attached hydrogens (tertiary/aromatic N) is 2. The molecule has 1 amide bonds. The van der Waals surface area contributed by atoms with Crippen molar-refractivity contribution >= 4 is 17.5 Å². The van der Waals surface area contributed by atoms with Crippen molar-refractivity contribution in [1.29, 1.82) is 0 Å². The number of alkyl halides is 1. The molecule has 0 radical (unpaired) electrons. The van der Waals surface area contributed by atoms with Crippen LogP contribution < -0.4 is 4.74 Å². The third kappa shape index (κ3) is 3.09. The zero-order valence-electron chi connectivity index (χ0n) is 8.74. The number of amides is 1. The molecule has 0 saturated heterocycles. The van der Waals surface area contributed by atoms with Gasteiger partial charge in [0, 0.05) is 37.3 Å². The van der Waals surface area contributed by atoms with Crippen LogP contribution in [0.2, 0.25) is 0 Å². The fourth-order valence-corrected chi connectivity index (χ4v) is 1.36. The van der Waals surface area contributed by atoms with E-state index in [1.165, 1.54) is 7.11 Å². The van der Waals surface area contributed by atoms with E-state index in [4.69, 9.17) is 16.3 Å². The summed E-state index contributed by atoms with van der Waals surface area (Å²) in [7, 11) is 3.22. The van der Waals surface area contributed by atoms with Crippen molar-refractivity contribution in [2.75, 3.05) is 26.6 Å². The number of ether oxygens (including phenoxy) is 1. The van der Waals surface area contributed by atoms with Crippen molar-refractivity contribution in [2.24, 2.45) is 0 Å². The Morgan fingerprint density at radius 1 is 1.67 bits per heavy atom. The third-order valence-electron chi connectivity index (χ3n) is 1.96. The maximum absolute atomic E-state index is 11.8. The minimum Gasteiger partial charge on any atom is -0.481 e. The second kappa shape index (κ2) is 5.56. The second-order valence-corrected chi connectivity index (χ2v) is 3.38. The quantitative estimate of drug-likeness (QED) is 0.732. The van der Waals surface area contributed by atoms with Gasteiger partial charge < -0.3 is 9.64 Å². The largest absolute Gasteiger partial charge is 0.481 e. The smallest absolute Gasteiger partial charge is 0.253 e. The summed E-state index contributed by atoms with van der Waals surface area (Å²) < 4.78 is 4.94. The molecule has 0 fully saturated rings. The Kier molecular flexibility index (Phi) is 4.37. The van der Waals surface area contributed by atoms with Crippen LogP contribution in [0, 0.1) is 0 Å². The van der Waals surface area contributed by atoms with Gasteiger partial charge >= 0.3 is 0 Å². The Morgan fingerprint density at radius 2 is 2.40 bits per heavy atom. The lowest BCUT2D eigenvalue weighted by Crippen LogP contribution is -2.28. The van der Waals surface area contributed by atoms with E-state index in [-0.39, 0.29) is 5.91 Å². The van der Waals surface area contributed by atoms with Crippen molar-refractivity contribution in [2.45, 2.75) is 0 Å². The Labute approximate surface area is 93.8 Å². The highest BCUT2D eigenvalue weighted by Gasteiger charge is 2.11. The molecule has 1 aromatic rings. The first-order chi connectivity index (χ1) is 7.19. The zero-order chi connectivity index (χ0) is 11.3. The summed E-state index contributed by atoms with van der Waals surface area (Å²) in [5.74, 6) is 0.765. The predicted molar refractivity (Wildman–Crippen MR) is 58.5 cm³/mol. The van der Waals surface area contributed by atoms with Gasteiger partial charge in [-0.3, -0.25) is 4.79 Å². The SMILES string of the molecule is COc1cc(C(=O)N(C)CCCl)ccn1. The molecule has 4 nitrogen and oxygen atoms in total. The first-order valence-corrected chi connectivity index (χ1v) is 5.04. The fourth-order valence-electron chi connectivity index (χ4n) is 1.10. The molecule has 0 aromatic carbocycles. The third-order valence-corrected chi connectivity index (χ3v) is 2.13. The van der Waals surface area contributed by atoms with Crippen LogP contribution in [0.3, 0.4) is 0 Å². The van der Waals surface area contributed by atoms with E-state index in [9.17, 15) is 4.79 Å². The van der Waals surface area contributed by atoms with Crippen LogP contribution in [-0.2, 0) is 0 Å². The molecule has 0 atom stereocenters. The molecule has 15 heavy (non-hydrogen) atoms. The number of aromatic nitrogens is 1. The monoisotopic (exact) mass is 228 g/mol. The molecule has 0 aliphatic rings. The molecule has 1 rings (SSSR count). The topological polar surface area (TPSA) is 42.4 Å². The average molecular weight is 229 g/mol. The number of hydrogen-bond donors (Lipinski definition) is 0. The van der Waals surface area contributed by atoms with Crippen LogP contribution in [-0.4, -0.2) is 42.4 Å². The first kappa shape index (κ1) is 11.8. The van der Waals surface area contributed by atoms with E-state index < -0.39 is 0 Å². The van der Waals surface area contributed by atoms with E-state index in [0.717, 1.165) is 0 Å². The summed E-state index contributed by atoms with van der Waals surface area (Å²) in [6, 6.07) is 3.25. The highest BCUT2D eigenvalue weighted by molar-refractivity contribution is 6.18. The molecule has 0 bridgehead atoms. The van der Waals surface area contributed by atoms with Gasteiger partial charge in [0.2, 0.25) is 5.88 Å². The molecule has 82 valence electrons.